The van der Waals surface area contributed by atoms with Crippen molar-refractivity contribution in [3.05, 3.63) is 29.8 Å². The molecule has 3 atom stereocenters. The van der Waals surface area contributed by atoms with Gasteiger partial charge in [-0.2, -0.15) is 4.31 Å². The van der Waals surface area contributed by atoms with E-state index in [0.29, 0.717) is 31.5 Å². The normalized spacial score (nSPS) is 22.1. The minimum Gasteiger partial charge on any atom is -0.449 e. The van der Waals surface area contributed by atoms with Crippen LogP contribution in [0.2, 0.25) is 0 Å². The Bertz CT molecular complexity index is 766. The van der Waals surface area contributed by atoms with Crippen LogP contribution in [0.4, 0.5) is 0 Å². The lowest BCUT2D eigenvalue weighted by atomic mass is 9.94. The predicted molar refractivity (Wildman–Crippen MR) is 102 cm³/mol. The third kappa shape index (κ3) is 5.29. The fourth-order valence-corrected chi connectivity index (χ4v) is 4.99. The van der Waals surface area contributed by atoms with Crippen molar-refractivity contribution in [3.63, 3.8) is 0 Å². The van der Waals surface area contributed by atoms with E-state index in [1.54, 1.807) is 6.92 Å². The van der Waals surface area contributed by atoms with Gasteiger partial charge in [-0.15, -0.1) is 0 Å². The van der Waals surface area contributed by atoms with Crippen LogP contribution in [-0.2, 0) is 19.6 Å². The molecular weight excluding hydrogens is 368 g/mol. The average Bonchev–Trinajstić information content (AvgIpc) is 2.61. The van der Waals surface area contributed by atoms with Gasteiger partial charge in [-0.3, -0.25) is 4.79 Å². The number of amides is 1. The van der Waals surface area contributed by atoms with Gasteiger partial charge in [0.2, 0.25) is 10.0 Å². The van der Waals surface area contributed by atoms with Crippen LogP contribution in [0.15, 0.2) is 29.2 Å². The van der Waals surface area contributed by atoms with Crippen molar-refractivity contribution < 1.29 is 22.7 Å². The van der Waals surface area contributed by atoms with Crippen LogP contribution in [0.5, 0.6) is 0 Å². The molecule has 0 aromatic heterocycles. The van der Waals surface area contributed by atoms with Crippen molar-refractivity contribution in [2.24, 2.45) is 11.8 Å². The van der Waals surface area contributed by atoms with Crippen molar-refractivity contribution in [2.75, 3.05) is 19.6 Å². The van der Waals surface area contributed by atoms with E-state index in [1.807, 2.05) is 13.8 Å². The van der Waals surface area contributed by atoms with Crippen LogP contribution in [0.3, 0.4) is 0 Å². The molecule has 27 heavy (non-hydrogen) atoms. The summed E-state index contributed by atoms with van der Waals surface area (Å²) in [5, 5.41) is 2.57. The van der Waals surface area contributed by atoms with E-state index in [4.69, 9.17) is 4.74 Å². The highest BCUT2D eigenvalue weighted by Gasteiger charge is 2.31. The van der Waals surface area contributed by atoms with Crippen LogP contribution in [0.25, 0.3) is 0 Å². The average molecular weight is 397 g/mol. The topological polar surface area (TPSA) is 92.8 Å². The number of ether oxygens (including phenoxy) is 1. The van der Waals surface area contributed by atoms with Gasteiger partial charge >= 0.3 is 5.97 Å². The lowest BCUT2D eigenvalue weighted by molar-refractivity contribution is -0.128. The molecule has 0 aliphatic carbocycles. The monoisotopic (exact) mass is 396 g/mol. The summed E-state index contributed by atoms with van der Waals surface area (Å²) < 4.78 is 32.3. The maximum absolute atomic E-state index is 12.9. The second kappa shape index (κ2) is 8.84. The second-order valence-electron chi connectivity index (χ2n) is 7.23. The SMILES string of the molecule is CCNC(=O)[C@@H](C)OC(=O)c1ccc(S(=O)(=O)N2C[C@H](C)C[C@H](C)C2)cc1. The van der Waals surface area contributed by atoms with Gasteiger partial charge in [0.25, 0.3) is 5.91 Å². The first-order valence-electron chi connectivity index (χ1n) is 9.24. The highest BCUT2D eigenvalue weighted by atomic mass is 32.2. The summed E-state index contributed by atoms with van der Waals surface area (Å²) in [6.07, 6.45) is 0.0952. The smallest absolute Gasteiger partial charge is 0.338 e. The van der Waals surface area contributed by atoms with Gasteiger partial charge in [-0.25, -0.2) is 13.2 Å². The molecule has 1 saturated heterocycles. The molecule has 0 saturated carbocycles. The molecule has 0 unspecified atom stereocenters. The number of nitrogens with one attached hydrogen (secondary N) is 1. The van der Waals surface area contributed by atoms with Crippen molar-refractivity contribution in [3.8, 4) is 0 Å². The lowest BCUT2D eigenvalue weighted by Crippen LogP contribution is -2.42. The highest BCUT2D eigenvalue weighted by Crippen LogP contribution is 2.26. The summed E-state index contributed by atoms with van der Waals surface area (Å²) >= 11 is 0. The van der Waals surface area contributed by atoms with Crippen molar-refractivity contribution in [2.45, 2.75) is 45.1 Å². The number of esters is 1. The molecule has 1 heterocycles. The van der Waals surface area contributed by atoms with Gasteiger partial charge in [0.15, 0.2) is 6.10 Å². The number of nitrogens with zero attached hydrogens (tertiary/aromatic N) is 1. The zero-order valence-corrected chi connectivity index (χ0v) is 17.1. The Morgan fingerprint density at radius 2 is 1.74 bits per heavy atom. The summed E-state index contributed by atoms with van der Waals surface area (Å²) in [4.78, 5) is 24.0. The molecule has 1 aromatic carbocycles. The molecule has 7 nitrogen and oxygen atoms in total. The number of benzene rings is 1. The fraction of sp³-hybridized carbons (Fsp3) is 0.579. The zero-order chi connectivity index (χ0) is 20.2. The van der Waals surface area contributed by atoms with Gasteiger partial charge in [-0.1, -0.05) is 13.8 Å². The van der Waals surface area contributed by atoms with Crippen LogP contribution in [0, 0.1) is 11.8 Å². The summed E-state index contributed by atoms with van der Waals surface area (Å²) in [6.45, 7) is 8.80. The molecule has 0 bridgehead atoms. The minimum atomic E-state index is -3.60. The first kappa shape index (κ1) is 21.4. The Labute approximate surface area is 161 Å². The highest BCUT2D eigenvalue weighted by molar-refractivity contribution is 7.89. The second-order valence-corrected chi connectivity index (χ2v) is 9.17. The largest absolute Gasteiger partial charge is 0.449 e. The summed E-state index contributed by atoms with van der Waals surface area (Å²) in [5.74, 6) is -0.418. The molecule has 1 aromatic rings. The van der Waals surface area contributed by atoms with Gasteiger partial charge in [0, 0.05) is 19.6 Å². The Morgan fingerprint density at radius 1 is 1.19 bits per heavy atom. The van der Waals surface area contributed by atoms with Gasteiger partial charge < -0.3 is 10.1 Å². The predicted octanol–water partition coefficient (Wildman–Crippen LogP) is 2.03. The summed E-state index contributed by atoms with van der Waals surface area (Å²) in [7, 11) is -3.60. The molecule has 2 rings (SSSR count). The molecule has 150 valence electrons. The molecule has 1 aliphatic rings. The van der Waals surface area contributed by atoms with E-state index in [0.717, 1.165) is 6.42 Å². The third-order valence-corrected chi connectivity index (χ3v) is 6.41. The Morgan fingerprint density at radius 3 is 2.26 bits per heavy atom. The Balaban J connectivity index is 2.09. The van der Waals surface area contributed by atoms with Crippen LogP contribution in [0.1, 0.15) is 44.5 Å². The van der Waals surface area contributed by atoms with Crippen molar-refractivity contribution >= 4 is 21.9 Å². The molecule has 8 heteroatoms. The third-order valence-electron chi connectivity index (χ3n) is 4.57. The van der Waals surface area contributed by atoms with Gasteiger partial charge in [0.1, 0.15) is 0 Å². The molecule has 1 aliphatic heterocycles. The first-order valence-corrected chi connectivity index (χ1v) is 10.7. The zero-order valence-electron chi connectivity index (χ0n) is 16.3. The van der Waals surface area contributed by atoms with Crippen LogP contribution in [-0.4, -0.2) is 50.3 Å². The van der Waals surface area contributed by atoms with Gasteiger partial charge in [0.05, 0.1) is 10.5 Å². The van der Waals surface area contributed by atoms with E-state index < -0.39 is 22.1 Å². The fourth-order valence-electron chi connectivity index (χ4n) is 3.31. The lowest BCUT2D eigenvalue weighted by Gasteiger charge is -2.34. The Kier molecular flexibility index (Phi) is 7.00. The van der Waals surface area contributed by atoms with E-state index in [1.165, 1.54) is 35.5 Å². The molecule has 0 spiro atoms. The number of hydrogen-bond acceptors (Lipinski definition) is 5. The van der Waals surface area contributed by atoms with E-state index >= 15 is 0 Å². The van der Waals surface area contributed by atoms with E-state index in [9.17, 15) is 18.0 Å². The summed E-state index contributed by atoms with van der Waals surface area (Å²) in [6, 6.07) is 5.65. The molecule has 1 fully saturated rings. The van der Waals surface area contributed by atoms with E-state index in [-0.39, 0.29) is 16.4 Å². The van der Waals surface area contributed by atoms with Crippen LogP contribution < -0.4 is 5.32 Å². The quantitative estimate of drug-likeness (QED) is 0.743. The van der Waals surface area contributed by atoms with E-state index in [2.05, 4.69) is 5.32 Å². The number of rotatable bonds is 6. The summed E-state index contributed by atoms with van der Waals surface area (Å²) in [5.41, 5.74) is 0.200. The molecule has 0 radical (unpaired) electrons. The van der Waals surface area contributed by atoms with Crippen molar-refractivity contribution in [1.29, 1.82) is 0 Å². The van der Waals surface area contributed by atoms with Crippen molar-refractivity contribution in [1.82, 2.24) is 9.62 Å². The molecule has 1 amide bonds. The Hall–Kier alpha value is -1.93. The number of carbonyl (C=O) groups excluding carboxylic acids is 2. The standard InChI is InChI=1S/C19H28N2O5S/c1-5-20-18(22)15(4)26-19(23)16-6-8-17(9-7-16)27(24,25)21-11-13(2)10-14(3)12-21/h6-9,13-15H,5,10-12H2,1-4H3,(H,20,22)/t13-,14+,15-/m1/s1. The molecule has 1 N–H and O–H groups in total. The number of hydrogen-bond donors (Lipinski definition) is 1. The van der Waals surface area contributed by atoms with Gasteiger partial charge in [-0.05, 0) is 56.4 Å². The maximum Gasteiger partial charge on any atom is 0.338 e. The number of carbonyl (C=O) groups is 2. The first-order chi connectivity index (χ1) is 12.6. The number of piperidine rings is 1. The number of sulfonamides is 1. The number of likely N-dealkylation sites (N-methyl/N-ethyl adjacent to an activating group) is 1. The molecular formula is C19H28N2O5S. The maximum atomic E-state index is 12.9. The minimum absolute atomic E-state index is 0.150. The van der Waals surface area contributed by atoms with Crippen LogP contribution >= 0.6 is 0 Å².